The van der Waals surface area contributed by atoms with Crippen LogP contribution in [0.25, 0.3) is 0 Å². The number of thiophene rings is 1. The molecule has 2 aromatic rings. The van der Waals surface area contributed by atoms with E-state index in [1.807, 2.05) is 18.4 Å². The maximum atomic E-state index is 4.63. The molecule has 0 atom stereocenters. The average Bonchev–Trinajstić information content (AvgIpc) is 2.87. The van der Waals surface area contributed by atoms with Crippen molar-refractivity contribution in [3.8, 4) is 0 Å². The molecule has 19 heavy (non-hydrogen) atoms. The van der Waals surface area contributed by atoms with Crippen molar-refractivity contribution in [2.75, 3.05) is 17.2 Å². The van der Waals surface area contributed by atoms with Crippen LogP contribution < -0.4 is 10.6 Å². The molecule has 0 saturated carbocycles. The van der Waals surface area contributed by atoms with E-state index in [-0.39, 0.29) is 0 Å². The molecule has 0 aliphatic carbocycles. The first-order valence-corrected chi connectivity index (χ1v) is 7.47. The topological polar surface area (TPSA) is 49.8 Å². The highest BCUT2D eigenvalue weighted by atomic mass is 32.1. The Labute approximate surface area is 118 Å². The number of hydrogen-bond donors (Lipinski definition) is 2. The number of rotatable bonds is 5. The predicted molar refractivity (Wildman–Crippen MR) is 82.6 cm³/mol. The molecule has 0 amide bonds. The number of hydrogen-bond acceptors (Lipinski definition) is 5. The van der Waals surface area contributed by atoms with Gasteiger partial charge < -0.3 is 10.6 Å². The van der Waals surface area contributed by atoms with Gasteiger partial charge >= 0.3 is 0 Å². The first kappa shape index (κ1) is 13.8. The van der Waals surface area contributed by atoms with Gasteiger partial charge in [-0.25, -0.2) is 9.97 Å². The summed E-state index contributed by atoms with van der Waals surface area (Å²) >= 11 is 1.67. The van der Waals surface area contributed by atoms with Crippen LogP contribution in [0.15, 0.2) is 16.8 Å². The molecular formula is C14H20N4S. The third-order valence-corrected chi connectivity index (χ3v) is 3.49. The summed E-state index contributed by atoms with van der Waals surface area (Å²) in [6.45, 7) is 9.18. The fourth-order valence-electron chi connectivity index (χ4n) is 1.73. The summed E-state index contributed by atoms with van der Waals surface area (Å²) < 4.78 is 0. The standard InChI is InChI=1S/C14H20N4S/c1-5-15-13-10(4)14(16-11-6-7-19-8-11)18-12(17-13)9(2)3/h6-9H,5H2,1-4H3,(H2,15,16,17,18). The summed E-state index contributed by atoms with van der Waals surface area (Å²) in [4.78, 5) is 9.22. The Morgan fingerprint density at radius 2 is 2.00 bits per heavy atom. The Morgan fingerprint density at radius 1 is 1.26 bits per heavy atom. The minimum absolute atomic E-state index is 0.307. The van der Waals surface area contributed by atoms with Crippen molar-refractivity contribution in [1.82, 2.24) is 9.97 Å². The van der Waals surface area contributed by atoms with E-state index >= 15 is 0 Å². The molecule has 0 radical (unpaired) electrons. The van der Waals surface area contributed by atoms with Gasteiger partial charge in [-0.15, -0.1) is 0 Å². The minimum Gasteiger partial charge on any atom is -0.370 e. The van der Waals surface area contributed by atoms with Crippen LogP contribution >= 0.6 is 11.3 Å². The lowest BCUT2D eigenvalue weighted by molar-refractivity contribution is 0.774. The van der Waals surface area contributed by atoms with Crippen molar-refractivity contribution < 1.29 is 0 Å². The van der Waals surface area contributed by atoms with Crippen LogP contribution in [-0.2, 0) is 0 Å². The van der Waals surface area contributed by atoms with Gasteiger partial charge in [0.1, 0.15) is 17.5 Å². The number of nitrogens with zero attached hydrogens (tertiary/aromatic N) is 2. The van der Waals surface area contributed by atoms with Gasteiger partial charge in [-0.1, -0.05) is 13.8 Å². The van der Waals surface area contributed by atoms with Gasteiger partial charge in [0.05, 0.1) is 5.69 Å². The van der Waals surface area contributed by atoms with E-state index in [1.54, 1.807) is 11.3 Å². The molecule has 4 nitrogen and oxygen atoms in total. The first-order chi connectivity index (χ1) is 9.11. The second-order valence-electron chi connectivity index (χ2n) is 4.73. The summed E-state index contributed by atoms with van der Waals surface area (Å²) in [6.07, 6.45) is 0. The van der Waals surface area contributed by atoms with E-state index in [9.17, 15) is 0 Å². The summed E-state index contributed by atoms with van der Waals surface area (Å²) in [5.41, 5.74) is 2.13. The van der Waals surface area contributed by atoms with Crippen LogP contribution in [0.1, 0.15) is 38.1 Å². The Balaban J connectivity index is 2.39. The van der Waals surface area contributed by atoms with E-state index in [4.69, 9.17) is 0 Å². The van der Waals surface area contributed by atoms with Crippen molar-refractivity contribution in [3.05, 3.63) is 28.2 Å². The SMILES string of the molecule is CCNc1nc(C(C)C)nc(Nc2ccsc2)c1C. The van der Waals surface area contributed by atoms with Crippen molar-refractivity contribution in [2.45, 2.75) is 33.6 Å². The van der Waals surface area contributed by atoms with Crippen LogP contribution in [0, 0.1) is 6.92 Å². The molecule has 2 rings (SSSR count). The van der Waals surface area contributed by atoms with Crippen LogP contribution in [-0.4, -0.2) is 16.5 Å². The van der Waals surface area contributed by atoms with Crippen LogP contribution in [0.5, 0.6) is 0 Å². The van der Waals surface area contributed by atoms with Gasteiger partial charge in [0, 0.05) is 23.4 Å². The molecule has 5 heteroatoms. The van der Waals surface area contributed by atoms with E-state index in [0.29, 0.717) is 5.92 Å². The quantitative estimate of drug-likeness (QED) is 0.861. The van der Waals surface area contributed by atoms with Crippen molar-refractivity contribution in [2.24, 2.45) is 0 Å². The third kappa shape index (κ3) is 3.23. The molecular weight excluding hydrogens is 256 g/mol. The molecule has 2 aromatic heterocycles. The van der Waals surface area contributed by atoms with Gasteiger partial charge in [0.2, 0.25) is 0 Å². The molecule has 0 aliphatic heterocycles. The van der Waals surface area contributed by atoms with E-state index in [1.165, 1.54) is 0 Å². The molecule has 0 saturated heterocycles. The summed E-state index contributed by atoms with van der Waals surface area (Å²) in [5, 5.41) is 10.8. The second kappa shape index (κ2) is 6.02. The Morgan fingerprint density at radius 3 is 2.58 bits per heavy atom. The number of nitrogens with one attached hydrogen (secondary N) is 2. The molecule has 2 heterocycles. The lowest BCUT2D eigenvalue weighted by Gasteiger charge is -2.15. The summed E-state index contributed by atoms with van der Waals surface area (Å²) in [6, 6.07) is 2.05. The zero-order valence-electron chi connectivity index (χ0n) is 11.8. The fraction of sp³-hybridized carbons (Fsp3) is 0.429. The van der Waals surface area contributed by atoms with E-state index in [0.717, 1.165) is 35.3 Å². The lowest BCUT2D eigenvalue weighted by Crippen LogP contribution is -2.10. The number of anilines is 3. The van der Waals surface area contributed by atoms with Crippen LogP contribution in [0.3, 0.4) is 0 Å². The molecule has 0 spiro atoms. The van der Waals surface area contributed by atoms with Crippen LogP contribution in [0.4, 0.5) is 17.3 Å². The molecule has 0 aliphatic rings. The predicted octanol–water partition coefficient (Wildman–Crippen LogP) is 4.15. The molecule has 0 fully saturated rings. The third-order valence-electron chi connectivity index (χ3n) is 2.81. The average molecular weight is 276 g/mol. The second-order valence-corrected chi connectivity index (χ2v) is 5.51. The van der Waals surface area contributed by atoms with Gasteiger partial charge in [-0.2, -0.15) is 11.3 Å². The molecule has 0 aromatic carbocycles. The number of aromatic nitrogens is 2. The van der Waals surface area contributed by atoms with Gasteiger partial charge in [-0.05, 0) is 25.3 Å². The van der Waals surface area contributed by atoms with Crippen molar-refractivity contribution in [3.63, 3.8) is 0 Å². The van der Waals surface area contributed by atoms with Gasteiger partial charge in [-0.3, -0.25) is 0 Å². The summed E-state index contributed by atoms with van der Waals surface area (Å²) in [7, 11) is 0. The highest BCUT2D eigenvalue weighted by molar-refractivity contribution is 7.08. The largest absolute Gasteiger partial charge is 0.370 e. The molecule has 2 N–H and O–H groups in total. The first-order valence-electron chi connectivity index (χ1n) is 6.53. The van der Waals surface area contributed by atoms with Gasteiger partial charge in [0.15, 0.2) is 0 Å². The Bertz CT molecular complexity index is 535. The monoisotopic (exact) mass is 276 g/mol. The van der Waals surface area contributed by atoms with Crippen molar-refractivity contribution >= 4 is 28.7 Å². The highest BCUT2D eigenvalue weighted by Crippen LogP contribution is 2.26. The zero-order chi connectivity index (χ0) is 13.8. The van der Waals surface area contributed by atoms with E-state index < -0.39 is 0 Å². The lowest BCUT2D eigenvalue weighted by atomic mass is 10.2. The normalized spacial score (nSPS) is 10.8. The Kier molecular flexibility index (Phi) is 4.37. The molecule has 0 unspecified atom stereocenters. The fourth-order valence-corrected chi connectivity index (χ4v) is 2.31. The molecule has 102 valence electrons. The van der Waals surface area contributed by atoms with Gasteiger partial charge in [0.25, 0.3) is 0 Å². The van der Waals surface area contributed by atoms with E-state index in [2.05, 4.69) is 46.8 Å². The summed E-state index contributed by atoms with van der Waals surface area (Å²) in [5.74, 6) is 2.97. The van der Waals surface area contributed by atoms with Crippen LogP contribution in [0.2, 0.25) is 0 Å². The molecule has 0 bridgehead atoms. The minimum atomic E-state index is 0.307. The highest BCUT2D eigenvalue weighted by Gasteiger charge is 2.13. The maximum Gasteiger partial charge on any atom is 0.139 e. The van der Waals surface area contributed by atoms with Crippen molar-refractivity contribution in [1.29, 1.82) is 0 Å². The smallest absolute Gasteiger partial charge is 0.139 e. The maximum absolute atomic E-state index is 4.63. The zero-order valence-corrected chi connectivity index (χ0v) is 12.6. The Hall–Kier alpha value is -1.62.